The Morgan fingerprint density at radius 1 is 1.16 bits per heavy atom. The Hall–Kier alpha value is -3.29. The molecule has 0 unspecified atom stereocenters. The summed E-state index contributed by atoms with van der Waals surface area (Å²) >= 11 is 0. The van der Waals surface area contributed by atoms with Crippen LogP contribution in [-0.2, 0) is 20.0 Å². The highest BCUT2D eigenvalue weighted by molar-refractivity contribution is 6.25. The molecule has 1 saturated carbocycles. The van der Waals surface area contributed by atoms with E-state index in [-0.39, 0.29) is 30.8 Å². The molecule has 1 aromatic carbocycles. The number of likely N-dealkylation sites (N-methyl/N-ethyl adjacent to an activating group) is 1. The molecule has 0 aromatic heterocycles. The standard InChI is InChI=1S/C26H33N3O9/c1-25(37)12-6-4-7-15(31)16(12)20(32)17-13(25)10-14-19(29(2)3)21(33)18(23(35)26(14,38)22(17)34)24(36)28-11-27-8-5-9-30/h4,6-7,13-14,19,27,30-32,35,37-38H,5,8-11H2,1-3H3,(H,28,36)/t13-,14-,19-,25-,26+/m0/s1. The molecule has 1 aromatic rings. The number of benzene rings is 1. The number of nitrogens with zero attached hydrogens (tertiary/aromatic N) is 1. The van der Waals surface area contributed by atoms with Crippen LogP contribution in [-0.4, -0.2) is 98.6 Å². The number of ketones is 2. The van der Waals surface area contributed by atoms with Gasteiger partial charge in [0.25, 0.3) is 5.91 Å². The zero-order valence-electron chi connectivity index (χ0n) is 21.4. The molecule has 5 atom stereocenters. The number of rotatable bonds is 7. The number of aliphatic hydroxyl groups is 5. The van der Waals surface area contributed by atoms with Crippen molar-refractivity contribution in [2.75, 3.05) is 33.9 Å². The molecule has 12 nitrogen and oxygen atoms in total. The van der Waals surface area contributed by atoms with Gasteiger partial charge in [0, 0.05) is 24.0 Å². The van der Waals surface area contributed by atoms with Crippen LogP contribution >= 0.6 is 0 Å². The first-order valence-electron chi connectivity index (χ1n) is 12.3. The molecule has 206 valence electrons. The molecule has 0 spiro atoms. The van der Waals surface area contributed by atoms with E-state index >= 15 is 0 Å². The Morgan fingerprint density at radius 2 is 1.84 bits per heavy atom. The van der Waals surface area contributed by atoms with Gasteiger partial charge in [-0.2, -0.15) is 0 Å². The summed E-state index contributed by atoms with van der Waals surface area (Å²) in [6.45, 7) is 1.60. The molecule has 38 heavy (non-hydrogen) atoms. The lowest BCUT2D eigenvalue weighted by Gasteiger charge is -2.53. The van der Waals surface area contributed by atoms with Gasteiger partial charge >= 0.3 is 0 Å². The summed E-state index contributed by atoms with van der Waals surface area (Å²) in [5.41, 5.74) is -5.76. The number of aliphatic hydroxyl groups excluding tert-OH is 3. The Morgan fingerprint density at radius 3 is 2.47 bits per heavy atom. The number of carbonyl (C=O) groups excluding carboxylic acids is 3. The number of fused-ring (bicyclic) bond motifs is 3. The average Bonchev–Trinajstić information content (AvgIpc) is 2.84. The fourth-order valence-corrected chi connectivity index (χ4v) is 6.01. The summed E-state index contributed by atoms with van der Waals surface area (Å²) in [5.74, 6) is -7.56. The van der Waals surface area contributed by atoms with Crippen LogP contribution in [0.1, 0.15) is 30.9 Å². The van der Waals surface area contributed by atoms with Crippen LogP contribution < -0.4 is 10.6 Å². The first kappa shape index (κ1) is 27.7. The SMILES string of the molecule is CN(C)[C@@H]1C(=O)C(C(=O)NCNCCCO)=C(O)[C@]2(O)C(=O)C3=C(O)c4c(O)cccc4[C@](C)(O)[C@H]3C[C@@H]12. The fourth-order valence-electron chi connectivity index (χ4n) is 6.01. The molecule has 0 aliphatic heterocycles. The van der Waals surface area contributed by atoms with E-state index in [1.165, 1.54) is 44.1 Å². The number of hydrogen-bond acceptors (Lipinski definition) is 11. The van der Waals surface area contributed by atoms with Gasteiger partial charge < -0.3 is 36.0 Å². The molecule has 0 heterocycles. The molecule has 0 radical (unpaired) electrons. The zero-order valence-corrected chi connectivity index (χ0v) is 21.4. The molecule has 3 aliphatic rings. The first-order chi connectivity index (χ1) is 17.8. The van der Waals surface area contributed by atoms with Gasteiger partial charge in [-0.25, -0.2) is 0 Å². The number of aromatic hydroxyl groups is 1. The van der Waals surface area contributed by atoms with Crippen molar-refractivity contribution in [3.05, 3.63) is 46.2 Å². The number of amides is 1. The number of Topliss-reactive ketones (excluding diaryl/α,β-unsaturated/α-hetero) is 2. The summed E-state index contributed by atoms with van der Waals surface area (Å²) < 4.78 is 0. The highest BCUT2D eigenvalue weighted by Gasteiger charge is 2.66. The zero-order chi connectivity index (χ0) is 28.2. The maximum atomic E-state index is 14.0. The van der Waals surface area contributed by atoms with Gasteiger partial charge in [0.05, 0.1) is 23.9 Å². The molecule has 0 bridgehead atoms. The van der Waals surface area contributed by atoms with Crippen molar-refractivity contribution in [1.29, 1.82) is 0 Å². The molecule has 1 amide bonds. The maximum absolute atomic E-state index is 14.0. The van der Waals surface area contributed by atoms with Crippen LogP contribution in [0.4, 0.5) is 0 Å². The lowest BCUT2D eigenvalue weighted by atomic mass is 9.54. The topological polar surface area (TPSA) is 200 Å². The molecule has 12 heteroatoms. The smallest absolute Gasteiger partial charge is 0.259 e. The second kappa shape index (κ2) is 9.79. The van der Waals surface area contributed by atoms with Crippen molar-refractivity contribution in [1.82, 2.24) is 15.5 Å². The summed E-state index contributed by atoms with van der Waals surface area (Å²) in [4.78, 5) is 41.9. The van der Waals surface area contributed by atoms with Crippen LogP contribution in [0.2, 0.25) is 0 Å². The monoisotopic (exact) mass is 531 g/mol. The predicted molar refractivity (Wildman–Crippen MR) is 134 cm³/mol. The van der Waals surface area contributed by atoms with Crippen molar-refractivity contribution in [2.24, 2.45) is 11.8 Å². The second-order valence-electron chi connectivity index (χ2n) is 10.4. The lowest BCUT2D eigenvalue weighted by molar-refractivity contribution is -0.159. The summed E-state index contributed by atoms with van der Waals surface area (Å²) in [7, 11) is 3.05. The molecule has 0 saturated heterocycles. The Labute approximate surface area is 218 Å². The van der Waals surface area contributed by atoms with Gasteiger partial charge in [-0.3, -0.25) is 24.6 Å². The third-order valence-corrected chi connectivity index (χ3v) is 7.89. The van der Waals surface area contributed by atoms with E-state index in [1.807, 2.05) is 0 Å². The average molecular weight is 532 g/mol. The lowest BCUT2D eigenvalue weighted by Crippen LogP contribution is -2.67. The largest absolute Gasteiger partial charge is 0.508 e. The number of phenols is 1. The predicted octanol–water partition coefficient (Wildman–Crippen LogP) is -0.811. The molecule has 4 rings (SSSR count). The minimum absolute atomic E-state index is 0.0642. The van der Waals surface area contributed by atoms with E-state index in [1.54, 1.807) is 0 Å². The van der Waals surface area contributed by atoms with E-state index in [0.717, 1.165) is 0 Å². The van der Waals surface area contributed by atoms with Crippen LogP contribution in [0.25, 0.3) is 5.76 Å². The number of nitrogens with one attached hydrogen (secondary N) is 2. The minimum Gasteiger partial charge on any atom is -0.508 e. The van der Waals surface area contributed by atoms with Gasteiger partial charge in [-0.05, 0) is 52.0 Å². The fraction of sp³-hybridized carbons (Fsp3) is 0.500. The Kier molecular flexibility index (Phi) is 7.14. The maximum Gasteiger partial charge on any atom is 0.259 e. The molecular weight excluding hydrogens is 498 g/mol. The Bertz CT molecular complexity index is 1250. The first-order valence-corrected chi connectivity index (χ1v) is 12.3. The summed E-state index contributed by atoms with van der Waals surface area (Å²) in [6, 6.07) is 3.02. The second-order valence-corrected chi connectivity index (χ2v) is 10.4. The normalized spacial score (nSPS) is 30.8. The van der Waals surface area contributed by atoms with Crippen LogP contribution in [0.15, 0.2) is 35.1 Å². The van der Waals surface area contributed by atoms with E-state index in [9.17, 15) is 39.9 Å². The highest BCUT2D eigenvalue weighted by atomic mass is 16.3. The van der Waals surface area contributed by atoms with E-state index in [4.69, 9.17) is 5.11 Å². The molecule has 1 fully saturated rings. The molecule has 8 N–H and O–H groups in total. The van der Waals surface area contributed by atoms with Crippen LogP contribution in [0.5, 0.6) is 5.75 Å². The van der Waals surface area contributed by atoms with Crippen molar-refractivity contribution in [3.63, 3.8) is 0 Å². The summed E-state index contributed by atoms with van der Waals surface area (Å²) in [6.07, 6.45) is 0.212. The molecular formula is C26H33N3O9. The van der Waals surface area contributed by atoms with E-state index in [0.29, 0.717) is 13.0 Å². The van der Waals surface area contributed by atoms with Crippen molar-refractivity contribution < 1.29 is 45.0 Å². The molecule has 3 aliphatic carbocycles. The van der Waals surface area contributed by atoms with Crippen LogP contribution in [0.3, 0.4) is 0 Å². The summed E-state index contributed by atoms with van der Waals surface area (Å²) in [5, 5.41) is 70.2. The third kappa shape index (κ3) is 3.91. The van der Waals surface area contributed by atoms with E-state index in [2.05, 4.69) is 10.6 Å². The van der Waals surface area contributed by atoms with Gasteiger partial charge in [-0.15, -0.1) is 0 Å². The number of hydrogen-bond donors (Lipinski definition) is 8. The van der Waals surface area contributed by atoms with Gasteiger partial charge in [0.2, 0.25) is 5.78 Å². The van der Waals surface area contributed by atoms with Gasteiger partial charge in [-0.1, -0.05) is 12.1 Å². The quantitative estimate of drug-likeness (QED) is 0.124. The van der Waals surface area contributed by atoms with Gasteiger partial charge in [0.1, 0.15) is 22.8 Å². The van der Waals surface area contributed by atoms with Crippen LogP contribution in [0, 0.1) is 11.8 Å². The van der Waals surface area contributed by atoms with Gasteiger partial charge in [0.15, 0.2) is 11.4 Å². The third-order valence-electron chi connectivity index (χ3n) is 7.89. The Balaban J connectivity index is 1.86. The minimum atomic E-state index is -2.77. The highest BCUT2D eigenvalue weighted by Crippen LogP contribution is 2.57. The van der Waals surface area contributed by atoms with Crippen molar-refractivity contribution in [2.45, 2.75) is 37.0 Å². The number of carbonyl (C=O) groups is 3. The van der Waals surface area contributed by atoms with Crippen molar-refractivity contribution in [3.8, 4) is 5.75 Å². The van der Waals surface area contributed by atoms with Crippen molar-refractivity contribution >= 4 is 23.2 Å². The van der Waals surface area contributed by atoms with E-state index < -0.39 is 75.0 Å². The number of phenolic OH excluding ortho intramolecular Hbond substituents is 1.